The first-order chi connectivity index (χ1) is 21.8. The molecule has 0 amide bonds. The van der Waals surface area contributed by atoms with Crippen LogP contribution in [0, 0.1) is 11.3 Å². The second-order valence-electron chi connectivity index (χ2n) is 12.2. The fourth-order valence-corrected chi connectivity index (χ4v) is 6.91. The van der Waals surface area contributed by atoms with Crippen LogP contribution in [0.25, 0.3) is 17.2 Å². The number of anilines is 5. The third-order valence-corrected chi connectivity index (χ3v) is 9.13. The van der Waals surface area contributed by atoms with Gasteiger partial charge < -0.3 is 14.9 Å². The predicted octanol–water partition coefficient (Wildman–Crippen LogP) is 9.54. The van der Waals surface area contributed by atoms with E-state index in [1.165, 1.54) is 28.3 Å². The molecule has 1 N–H and O–H groups in total. The highest BCUT2D eigenvalue weighted by atomic mass is 16.4. The van der Waals surface area contributed by atoms with Crippen LogP contribution in [0.2, 0.25) is 0 Å². The quantitative estimate of drug-likeness (QED) is 0.158. The van der Waals surface area contributed by atoms with Crippen molar-refractivity contribution < 1.29 is 9.90 Å². The average Bonchev–Trinajstić information content (AvgIpc) is 3.29. The van der Waals surface area contributed by atoms with Crippen molar-refractivity contribution in [3.8, 4) is 17.2 Å². The highest BCUT2D eigenvalue weighted by Gasteiger charge is 2.37. The minimum atomic E-state index is -1.21. The zero-order chi connectivity index (χ0) is 31.1. The SMILES string of the molecule is CC1(C)c2cc(N3CCCc4cc(C=C(C#N)C(=O)O)ccc43)ccc2-c2ccc(N(c3ccccc3)c3ccccc3)cc21. The molecule has 0 atom stereocenters. The van der Waals surface area contributed by atoms with E-state index in [-0.39, 0.29) is 11.0 Å². The normalized spacial score (nSPS) is 14.6. The van der Waals surface area contributed by atoms with Crippen molar-refractivity contribution in [3.63, 3.8) is 0 Å². The van der Waals surface area contributed by atoms with E-state index in [4.69, 9.17) is 0 Å². The molecule has 1 aliphatic carbocycles. The highest BCUT2D eigenvalue weighted by Crippen LogP contribution is 2.52. The lowest BCUT2D eigenvalue weighted by molar-refractivity contribution is -0.132. The molecule has 5 aromatic rings. The van der Waals surface area contributed by atoms with Crippen molar-refractivity contribution in [3.05, 3.63) is 143 Å². The Labute approximate surface area is 263 Å². The number of benzene rings is 5. The van der Waals surface area contributed by atoms with E-state index < -0.39 is 5.97 Å². The highest BCUT2D eigenvalue weighted by molar-refractivity contribution is 5.96. The molecule has 2 aliphatic rings. The van der Waals surface area contributed by atoms with Crippen molar-refractivity contribution in [1.29, 1.82) is 5.26 Å². The van der Waals surface area contributed by atoms with Crippen LogP contribution in [0.4, 0.5) is 28.4 Å². The number of hydrogen-bond donors (Lipinski definition) is 1. The maximum absolute atomic E-state index is 11.4. The number of carboxylic acid groups (broad SMARTS) is 1. The number of para-hydroxylation sites is 2. The predicted molar refractivity (Wildman–Crippen MR) is 182 cm³/mol. The molecule has 5 nitrogen and oxygen atoms in total. The molecular formula is C40H33N3O2. The van der Waals surface area contributed by atoms with E-state index in [1.807, 2.05) is 24.3 Å². The van der Waals surface area contributed by atoms with Crippen molar-refractivity contribution in [2.45, 2.75) is 32.1 Å². The third-order valence-electron chi connectivity index (χ3n) is 9.13. The van der Waals surface area contributed by atoms with Gasteiger partial charge in [-0.3, -0.25) is 0 Å². The van der Waals surface area contributed by atoms with Gasteiger partial charge in [-0.15, -0.1) is 0 Å². The van der Waals surface area contributed by atoms with Gasteiger partial charge in [-0.25, -0.2) is 4.79 Å². The van der Waals surface area contributed by atoms with Crippen LogP contribution in [0.15, 0.2) is 121 Å². The summed E-state index contributed by atoms with van der Waals surface area (Å²) in [6, 6.07) is 42.5. The molecule has 7 rings (SSSR count). The van der Waals surface area contributed by atoms with E-state index in [0.717, 1.165) is 59.0 Å². The van der Waals surface area contributed by atoms with Crippen LogP contribution >= 0.6 is 0 Å². The van der Waals surface area contributed by atoms with E-state index in [0.29, 0.717) is 0 Å². The zero-order valence-electron chi connectivity index (χ0n) is 25.4. The molecule has 0 unspecified atom stereocenters. The van der Waals surface area contributed by atoms with E-state index in [2.05, 4.69) is 115 Å². The summed E-state index contributed by atoms with van der Waals surface area (Å²) in [7, 11) is 0. The lowest BCUT2D eigenvalue weighted by Gasteiger charge is -2.33. The van der Waals surface area contributed by atoms with Crippen molar-refractivity contribution in [1.82, 2.24) is 0 Å². The first-order valence-electron chi connectivity index (χ1n) is 15.3. The first-order valence-corrected chi connectivity index (χ1v) is 15.3. The van der Waals surface area contributed by atoms with Crippen molar-refractivity contribution >= 4 is 40.5 Å². The molecule has 5 aromatic carbocycles. The fourth-order valence-electron chi connectivity index (χ4n) is 6.91. The molecule has 220 valence electrons. The average molecular weight is 588 g/mol. The van der Waals surface area contributed by atoms with Gasteiger partial charge in [0.2, 0.25) is 0 Å². The minimum absolute atomic E-state index is 0.201. The van der Waals surface area contributed by atoms with Crippen molar-refractivity contribution in [2.75, 3.05) is 16.3 Å². The largest absolute Gasteiger partial charge is 0.477 e. The Bertz CT molecular complexity index is 1970. The second kappa shape index (κ2) is 11.2. The summed E-state index contributed by atoms with van der Waals surface area (Å²) in [5.41, 5.74) is 12.2. The molecule has 0 spiro atoms. The molecule has 45 heavy (non-hydrogen) atoms. The standard InChI is InChI=1S/C40H33N3O2/c1-40(2)36-24-32(42-21-9-10-28-22-27(15-20-38(28)42)23-29(26-41)39(44)45)16-18-34(36)35-19-17-33(25-37(35)40)43(30-11-5-3-6-12-30)31-13-7-4-8-14-31/h3-8,11-20,22-25H,9-10,21H2,1-2H3,(H,44,45). The number of carbonyl (C=O) groups is 1. The summed E-state index contributed by atoms with van der Waals surface area (Å²) in [5, 5.41) is 18.5. The van der Waals surface area contributed by atoms with Gasteiger partial charge in [-0.2, -0.15) is 5.26 Å². The van der Waals surface area contributed by atoms with Crippen LogP contribution in [0.1, 0.15) is 42.5 Å². The second-order valence-corrected chi connectivity index (χ2v) is 12.2. The van der Waals surface area contributed by atoms with Gasteiger partial charge in [-0.05, 0) is 113 Å². The first kappa shape index (κ1) is 28.2. The van der Waals surface area contributed by atoms with Crippen molar-refractivity contribution in [2.24, 2.45) is 0 Å². The summed E-state index contributed by atoms with van der Waals surface area (Å²) in [5.74, 6) is -1.21. The number of fused-ring (bicyclic) bond motifs is 4. The lowest BCUT2D eigenvalue weighted by atomic mass is 9.82. The summed E-state index contributed by atoms with van der Waals surface area (Å²) >= 11 is 0. The molecule has 0 aromatic heterocycles. The van der Waals surface area contributed by atoms with Crippen LogP contribution in [-0.4, -0.2) is 17.6 Å². The molecule has 1 heterocycles. The maximum atomic E-state index is 11.4. The number of rotatable bonds is 6. The van der Waals surface area contributed by atoms with Gasteiger partial charge >= 0.3 is 5.97 Å². The zero-order valence-corrected chi connectivity index (χ0v) is 25.4. The van der Waals surface area contributed by atoms with Crippen LogP contribution in [0.5, 0.6) is 0 Å². The van der Waals surface area contributed by atoms with Gasteiger partial charge in [-0.1, -0.05) is 68.4 Å². The van der Waals surface area contributed by atoms with Crippen LogP contribution < -0.4 is 9.80 Å². The summed E-state index contributed by atoms with van der Waals surface area (Å²) in [4.78, 5) is 16.1. The van der Waals surface area contributed by atoms with Gasteiger partial charge in [0.25, 0.3) is 0 Å². The summed E-state index contributed by atoms with van der Waals surface area (Å²) in [6.45, 7) is 5.54. The summed E-state index contributed by atoms with van der Waals surface area (Å²) in [6.07, 6.45) is 3.34. The minimum Gasteiger partial charge on any atom is -0.477 e. The Morgan fingerprint density at radius 3 is 2.11 bits per heavy atom. The van der Waals surface area contributed by atoms with Gasteiger partial charge in [0.15, 0.2) is 0 Å². The number of aliphatic carboxylic acids is 1. The van der Waals surface area contributed by atoms with E-state index in [9.17, 15) is 15.2 Å². The lowest BCUT2D eigenvalue weighted by Crippen LogP contribution is -2.25. The Kier molecular flexibility index (Phi) is 6.99. The third kappa shape index (κ3) is 4.95. The van der Waals surface area contributed by atoms with E-state index in [1.54, 1.807) is 6.07 Å². The smallest absolute Gasteiger partial charge is 0.346 e. The Balaban J connectivity index is 1.26. The molecule has 0 fully saturated rings. The molecule has 5 heteroatoms. The molecule has 0 saturated heterocycles. The van der Waals surface area contributed by atoms with Gasteiger partial charge in [0, 0.05) is 40.4 Å². The molecule has 0 bridgehead atoms. The molecule has 1 aliphatic heterocycles. The number of nitrogens with zero attached hydrogens (tertiary/aromatic N) is 3. The fraction of sp³-hybridized carbons (Fsp3) is 0.150. The summed E-state index contributed by atoms with van der Waals surface area (Å²) < 4.78 is 0. The topological polar surface area (TPSA) is 67.6 Å². The van der Waals surface area contributed by atoms with Gasteiger partial charge in [0.05, 0.1) is 0 Å². The van der Waals surface area contributed by atoms with E-state index >= 15 is 0 Å². The molecule has 0 saturated carbocycles. The Morgan fingerprint density at radius 1 is 0.822 bits per heavy atom. The number of carboxylic acids is 1. The number of nitriles is 1. The molecular weight excluding hydrogens is 554 g/mol. The Hall–Kier alpha value is -5.60. The van der Waals surface area contributed by atoms with Gasteiger partial charge in [0.1, 0.15) is 11.6 Å². The molecule has 0 radical (unpaired) electrons. The maximum Gasteiger partial charge on any atom is 0.346 e. The van der Waals surface area contributed by atoms with Crippen LogP contribution in [-0.2, 0) is 16.6 Å². The monoisotopic (exact) mass is 587 g/mol. The number of aryl methyl sites for hydroxylation is 1. The van der Waals surface area contributed by atoms with Crippen LogP contribution in [0.3, 0.4) is 0 Å². The Morgan fingerprint density at radius 2 is 1.47 bits per heavy atom. The number of hydrogen-bond acceptors (Lipinski definition) is 4.